The van der Waals surface area contributed by atoms with Crippen LogP contribution in [0.3, 0.4) is 0 Å². The Hall–Kier alpha value is -0.0800. The van der Waals surface area contributed by atoms with Gasteiger partial charge in [0.1, 0.15) is 0 Å². The van der Waals surface area contributed by atoms with Gasteiger partial charge in [-0.05, 0) is 12.8 Å². The van der Waals surface area contributed by atoms with Gasteiger partial charge >= 0.3 is 0 Å². The van der Waals surface area contributed by atoms with Crippen LogP contribution in [0, 0.1) is 0 Å². The van der Waals surface area contributed by atoms with Crippen LogP contribution >= 0.6 is 0 Å². The quantitative estimate of drug-likeness (QED) is 0.464. The fourth-order valence-corrected chi connectivity index (χ4v) is 1.53. The summed E-state index contributed by atoms with van der Waals surface area (Å²) in [6.45, 7) is 1.31. The second-order valence-electron chi connectivity index (χ2n) is 2.84. The highest BCUT2D eigenvalue weighted by atomic mass is 16.0. The zero-order valence-electron chi connectivity index (χ0n) is 4.94. The minimum absolute atomic E-state index is 0. The van der Waals surface area contributed by atoms with Crippen LogP contribution in [0.1, 0.15) is 25.7 Å². The first kappa shape index (κ1) is 6.05. The molecule has 1 aliphatic heterocycles. The first-order valence-corrected chi connectivity index (χ1v) is 3.16. The molecule has 0 aromatic carbocycles. The maximum Gasteiger partial charge on any atom is 0.0307 e. The molecule has 2 fully saturated rings. The molecule has 1 saturated carbocycles. The summed E-state index contributed by atoms with van der Waals surface area (Å²) in [5.41, 5.74) is 0.694. The van der Waals surface area contributed by atoms with E-state index in [-0.39, 0.29) is 5.48 Å². The molecule has 46 valence electrons. The van der Waals surface area contributed by atoms with E-state index in [1.807, 2.05) is 0 Å². The Morgan fingerprint density at radius 3 is 1.88 bits per heavy atom. The van der Waals surface area contributed by atoms with E-state index < -0.39 is 0 Å². The van der Waals surface area contributed by atoms with Gasteiger partial charge in [-0.1, -0.05) is 12.8 Å². The number of nitrogens with one attached hydrogen (secondary N) is 1. The molecule has 1 saturated heterocycles. The summed E-state index contributed by atoms with van der Waals surface area (Å²) in [4.78, 5) is 0. The molecule has 0 unspecified atom stereocenters. The van der Waals surface area contributed by atoms with Crippen LogP contribution in [0.25, 0.3) is 0 Å². The van der Waals surface area contributed by atoms with Crippen LogP contribution in [0.2, 0.25) is 0 Å². The fourth-order valence-electron chi connectivity index (χ4n) is 1.53. The predicted octanol–water partition coefficient (Wildman–Crippen LogP) is 0.784. The van der Waals surface area contributed by atoms with Crippen molar-refractivity contribution < 1.29 is 5.48 Å². The van der Waals surface area contributed by atoms with E-state index in [4.69, 9.17) is 0 Å². The molecule has 2 heteroatoms. The maximum atomic E-state index is 3.41. The molecule has 1 aliphatic carbocycles. The van der Waals surface area contributed by atoms with Gasteiger partial charge in [-0.15, -0.1) is 0 Å². The van der Waals surface area contributed by atoms with Gasteiger partial charge in [-0.25, -0.2) is 0 Å². The van der Waals surface area contributed by atoms with E-state index in [0.29, 0.717) is 5.54 Å². The zero-order valence-corrected chi connectivity index (χ0v) is 4.94. The third-order valence-corrected chi connectivity index (χ3v) is 2.24. The number of hydrogen-bond acceptors (Lipinski definition) is 1. The first-order chi connectivity index (χ1) is 3.41. The van der Waals surface area contributed by atoms with Gasteiger partial charge in [-0.3, -0.25) is 0 Å². The molecule has 0 aromatic rings. The van der Waals surface area contributed by atoms with Crippen molar-refractivity contribution in [1.29, 1.82) is 0 Å². The second-order valence-corrected chi connectivity index (χ2v) is 2.84. The summed E-state index contributed by atoms with van der Waals surface area (Å²) in [6, 6.07) is 0. The number of rotatable bonds is 0. The van der Waals surface area contributed by atoms with Gasteiger partial charge in [0, 0.05) is 17.6 Å². The molecule has 0 amide bonds. The highest BCUT2D eigenvalue weighted by Gasteiger charge is 2.43. The maximum absolute atomic E-state index is 3.41. The monoisotopic (exact) mass is 113 g/mol. The lowest BCUT2D eigenvalue weighted by molar-refractivity contribution is 0.656. The third-order valence-electron chi connectivity index (χ3n) is 2.24. The van der Waals surface area contributed by atoms with Crippen LogP contribution in [0.4, 0.5) is 0 Å². The summed E-state index contributed by atoms with van der Waals surface area (Å²) in [6.07, 6.45) is 5.83. The lowest BCUT2D eigenvalue weighted by atomic mass is 10.1. The minimum Gasteiger partial charge on any atom is -0.308 e. The molecule has 2 nitrogen and oxygen atoms in total. The topological polar surface area (TPSA) is 50.4 Å². The Bertz CT molecular complexity index is 80.5. The third kappa shape index (κ3) is 0.740. The van der Waals surface area contributed by atoms with E-state index in [0.717, 1.165) is 0 Å². The average molecular weight is 113 g/mol. The van der Waals surface area contributed by atoms with Crippen LogP contribution in [0.15, 0.2) is 0 Å². The molecule has 1 spiro atoms. The molecule has 2 radical (unpaired) electrons. The Morgan fingerprint density at radius 1 is 1.12 bits per heavy atom. The molecule has 8 heavy (non-hydrogen) atoms. The standard InChI is InChI=1S/C6H11N.O/c1-2-4-6(3-1)5-7-6;/h7H,1-5H2;. The van der Waals surface area contributed by atoms with Crippen molar-refractivity contribution in [1.82, 2.24) is 5.32 Å². The fraction of sp³-hybridized carbons (Fsp3) is 1.00. The van der Waals surface area contributed by atoms with Crippen molar-refractivity contribution >= 4 is 0 Å². The highest BCUT2D eigenvalue weighted by Crippen LogP contribution is 2.36. The molecule has 2 aliphatic rings. The van der Waals surface area contributed by atoms with Crippen molar-refractivity contribution in [3.8, 4) is 0 Å². The Balaban J connectivity index is 0.000000320. The van der Waals surface area contributed by atoms with Crippen molar-refractivity contribution in [2.45, 2.75) is 31.2 Å². The van der Waals surface area contributed by atoms with Crippen molar-refractivity contribution in [3.63, 3.8) is 0 Å². The lowest BCUT2D eigenvalue weighted by Crippen LogP contribution is -2.06. The van der Waals surface area contributed by atoms with Crippen LogP contribution < -0.4 is 5.32 Å². The molecule has 2 rings (SSSR count). The van der Waals surface area contributed by atoms with Crippen LogP contribution in [-0.2, 0) is 5.48 Å². The number of hydrogen-bond donors (Lipinski definition) is 1. The summed E-state index contributed by atoms with van der Waals surface area (Å²) >= 11 is 0. The van der Waals surface area contributed by atoms with E-state index in [1.165, 1.54) is 32.2 Å². The molecule has 1 N–H and O–H groups in total. The van der Waals surface area contributed by atoms with Gasteiger partial charge in [-0.2, -0.15) is 0 Å². The first-order valence-electron chi connectivity index (χ1n) is 3.16. The van der Waals surface area contributed by atoms with Crippen molar-refractivity contribution in [2.24, 2.45) is 0 Å². The van der Waals surface area contributed by atoms with E-state index in [1.54, 1.807) is 0 Å². The lowest BCUT2D eigenvalue weighted by Gasteiger charge is -1.96. The van der Waals surface area contributed by atoms with Crippen molar-refractivity contribution in [2.75, 3.05) is 6.54 Å². The van der Waals surface area contributed by atoms with E-state index >= 15 is 0 Å². The Morgan fingerprint density at radius 2 is 1.62 bits per heavy atom. The predicted molar refractivity (Wildman–Crippen MR) is 29.9 cm³/mol. The smallest absolute Gasteiger partial charge is 0.0307 e. The van der Waals surface area contributed by atoms with Gasteiger partial charge in [0.25, 0.3) is 0 Å². The van der Waals surface area contributed by atoms with Gasteiger partial charge in [0.15, 0.2) is 0 Å². The molecule has 0 aromatic heterocycles. The molecule has 0 atom stereocenters. The Kier molecular flexibility index (Phi) is 1.29. The molecular weight excluding hydrogens is 102 g/mol. The summed E-state index contributed by atoms with van der Waals surface area (Å²) in [5, 5.41) is 3.41. The van der Waals surface area contributed by atoms with Gasteiger partial charge in [0.05, 0.1) is 0 Å². The zero-order chi connectivity index (χ0) is 4.74. The largest absolute Gasteiger partial charge is 0.308 e. The highest BCUT2D eigenvalue weighted by molar-refractivity contribution is 5.06. The van der Waals surface area contributed by atoms with Gasteiger partial charge in [0.2, 0.25) is 0 Å². The molecular formula is C6H11NO. The normalized spacial score (nSPS) is 30.0. The summed E-state index contributed by atoms with van der Waals surface area (Å²) in [7, 11) is 0. The van der Waals surface area contributed by atoms with Gasteiger partial charge < -0.3 is 5.32 Å². The van der Waals surface area contributed by atoms with Crippen molar-refractivity contribution in [3.05, 3.63) is 0 Å². The SMILES string of the molecule is C1CCC2(C1)CN2.[O]. The summed E-state index contributed by atoms with van der Waals surface area (Å²) in [5.74, 6) is 0. The molecule has 0 bridgehead atoms. The Labute approximate surface area is 49.6 Å². The van der Waals surface area contributed by atoms with Crippen LogP contribution in [-0.4, -0.2) is 12.1 Å². The summed E-state index contributed by atoms with van der Waals surface area (Å²) < 4.78 is 0. The minimum atomic E-state index is 0. The second kappa shape index (κ2) is 1.71. The van der Waals surface area contributed by atoms with E-state index in [2.05, 4.69) is 5.32 Å². The molecule has 1 heterocycles. The van der Waals surface area contributed by atoms with Crippen LogP contribution in [0.5, 0.6) is 0 Å². The van der Waals surface area contributed by atoms with E-state index in [9.17, 15) is 0 Å². The average Bonchev–Trinajstić information content (AvgIpc) is 2.15.